The van der Waals surface area contributed by atoms with Crippen LogP contribution in [0.4, 0.5) is 0 Å². The molecule has 1 aliphatic rings. The Morgan fingerprint density at radius 1 is 1.50 bits per heavy atom. The van der Waals surface area contributed by atoms with E-state index < -0.39 is 0 Å². The van der Waals surface area contributed by atoms with Crippen LogP contribution in [0.5, 0.6) is 0 Å². The van der Waals surface area contributed by atoms with Crippen LogP contribution in [0, 0.1) is 0 Å². The van der Waals surface area contributed by atoms with Crippen LogP contribution in [0.15, 0.2) is 11.1 Å². The molecule has 66 valence electrons. The van der Waals surface area contributed by atoms with Crippen molar-refractivity contribution < 1.29 is 9.59 Å². The Kier molecular flexibility index (Phi) is 2.60. The number of likely N-dealkylation sites (N-methyl/N-ethyl adjacent to an activating group) is 1. The molecule has 4 heteroatoms. The van der Waals surface area contributed by atoms with Crippen LogP contribution in [0.1, 0.15) is 13.3 Å². The van der Waals surface area contributed by atoms with E-state index in [1.165, 1.54) is 0 Å². The zero-order chi connectivity index (χ0) is 9.14. The quantitative estimate of drug-likeness (QED) is 0.550. The molecule has 0 saturated carbocycles. The smallest absolute Gasteiger partial charge is 0.253 e. The first-order valence-electron chi connectivity index (χ1n) is 3.82. The van der Waals surface area contributed by atoms with Gasteiger partial charge in [0.25, 0.3) is 5.91 Å². The molecule has 0 spiro atoms. The fourth-order valence-electron chi connectivity index (χ4n) is 1.16. The van der Waals surface area contributed by atoms with Crippen molar-refractivity contribution in [1.29, 1.82) is 0 Å². The van der Waals surface area contributed by atoms with Crippen LogP contribution in [0.2, 0.25) is 0 Å². The molecule has 4 nitrogen and oxygen atoms in total. The van der Waals surface area contributed by atoms with Crippen molar-refractivity contribution >= 4 is 11.8 Å². The lowest BCUT2D eigenvalue weighted by molar-refractivity contribution is -0.129. The van der Waals surface area contributed by atoms with Crippen molar-refractivity contribution in [3.8, 4) is 0 Å². The van der Waals surface area contributed by atoms with Crippen LogP contribution < -0.4 is 10.6 Å². The highest BCUT2D eigenvalue weighted by atomic mass is 16.2. The minimum absolute atomic E-state index is 0.212. The lowest BCUT2D eigenvalue weighted by atomic mass is 10.0. The van der Waals surface area contributed by atoms with Gasteiger partial charge in [0.2, 0.25) is 5.91 Å². The molecule has 0 fully saturated rings. The number of hydrogen-bond acceptors (Lipinski definition) is 3. The molecule has 0 radical (unpaired) electrons. The Labute approximate surface area is 71.0 Å². The number of carbonyl (C=O) groups excluding carboxylic acids is 2. The van der Waals surface area contributed by atoms with Crippen LogP contribution in [-0.2, 0) is 9.59 Å². The van der Waals surface area contributed by atoms with Crippen LogP contribution >= 0.6 is 0 Å². The molecule has 2 amide bonds. The molecular formula is C8H12N2O2. The molecule has 12 heavy (non-hydrogen) atoms. The molecule has 2 N–H and O–H groups in total. The summed E-state index contributed by atoms with van der Waals surface area (Å²) >= 11 is 0. The molecule has 0 aromatic carbocycles. The third-order valence-corrected chi connectivity index (χ3v) is 1.89. The summed E-state index contributed by atoms with van der Waals surface area (Å²) in [4.78, 5) is 22.0. The Morgan fingerprint density at radius 2 is 2.17 bits per heavy atom. The van der Waals surface area contributed by atoms with E-state index in [4.69, 9.17) is 0 Å². The van der Waals surface area contributed by atoms with Crippen LogP contribution in [0.3, 0.4) is 0 Å². The van der Waals surface area contributed by atoms with E-state index in [1.807, 2.05) is 0 Å². The first-order chi connectivity index (χ1) is 5.65. The van der Waals surface area contributed by atoms with Gasteiger partial charge in [-0.15, -0.1) is 0 Å². The van der Waals surface area contributed by atoms with E-state index in [2.05, 4.69) is 10.6 Å². The predicted octanol–water partition coefficient (Wildman–Crippen LogP) is -0.431. The van der Waals surface area contributed by atoms with E-state index in [1.54, 1.807) is 14.0 Å². The molecule has 0 bridgehead atoms. The number of carbonyl (C=O) groups is 2. The molecule has 0 aliphatic carbocycles. The lowest BCUT2D eigenvalue weighted by Gasteiger charge is -2.16. The monoisotopic (exact) mass is 168 g/mol. The van der Waals surface area contributed by atoms with Gasteiger partial charge in [-0.3, -0.25) is 14.9 Å². The molecule has 0 aromatic heterocycles. The Balaban J connectivity index is 2.85. The molecule has 0 aromatic rings. The zero-order valence-electron chi connectivity index (χ0n) is 7.23. The van der Waals surface area contributed by atoms with E-state index in [0.717, 1.165) is 5.57 Å². The normalized spacial score (nSPS) is 18.2. The highest BCUT2D eigenvalue weighted by molar-refractivity contribution is 6.08. The van der Waals surface area contributed by atoms with Gasteiger partial charge in [-0.2, -0.15) is 0 Å². The van der Waals surface area contributed by atoms with Crippen LogP contribution in [-0.4, -0.2) is 25.4 Å². The highest BCUT2D eigenvalue weighted by Crippen LogP contribution is 2.12. The molecule has 1 heterocycles. The first-order valence-corrected chi connectivity index (χ1v) is 3.82. The van der Waals surface area contributed by atoms with Crippen molar-refractivity contribution in [2.24, 2.45) is 0 Å². The predicted molar refractivity (Wildman–Crippen MR) is 44.4 cm³/mol. The Morgan fingerprint density at radius 3 is 2.75 bits per heavy atom. The standard InChI is InChI=1S/C8H12N2O2/c1-5-6(4-9-2)3-7(11)10-8(5)12/h9H,3-4H2,1-2H3,(H,10,11,12). The Bertz CT molecular complexity index is 256. The number of amides is 2. The number of rotatable bonds is 2. The topological polar surface area (TPSA) is 58.2 Å². The van der Waals surface area contributed by atoms with E-state index in [-0.39, 0.29) is 11.8 Å². The highest BCUT2D eigenvalue weighted by Gasteiger charge is 2.20. The third-order valence-electron chi connectivity index (χ3n) is 1.89. The van der Waals surface area contributed by atoms with E-state index in [0.29, 0.717) is 18.5 Å². The van der Waals surface area contributed by atoms with Crippen molar-refractivity contribution in [2.45, 2.75) is 13.3 Å². The van der Waals surface area contributed by atoms with Gasteiger partial charge in [0, 0.05) is 12.1 Å². The van der Waals surface area contributed by atoms with Gasteiger partial charge < -0.3 is 5.32 Å². The zero-order valence-corrected chi connectivity index (χ0v) is 7.23. The van der Waals surface area contributed by atoms with E-state index >= 15 is 0 Å². The fraction of sp³-hybridized carbons (Fsp3) is 0.500. The Hall–Kier alpha value is -1.16. The second kappa shape index (κ2) is 3.49. The number of hydrogen-bond donors (Lipinski definition) is 2. The summed E-state index contributed by atoms with van der Waals surface area (Å²) in [7, 11) is 1.79. The van der Waals surface area contributed by atoms with Gasteiger partial charge in [-0.05, 0) is 19.5 Å². The molecule has 0 saturated heterocycles. The summed E-state index contributed by atoms with van der Waals surface area (Å²) in [5, 5.41) is 5.17. The summed E-state index contributed by atoms with van der Waals surface area (Å²) in [5.74, 6) is -0.479. The first kappa shape index (κ1) is 8.93. The minimum Gasteiger partial charge on any atom is -0.316 e. The lowest BCUT2D eigenvalue weighted by Crippen LogP contribution is -2.37. The second-order valence-corrected chi connectivity index (χ2v) is 2.81. The number of imide groups is 1. The summed E-state index contributed by atoms with van der Waals surface area (Å²) in [6, 6.07) is 0. The minimum atomic E-state index is -0.267. The summed E-state index contributed by atoms with van der Waals surface area (Å²) in [6.45, 7) is 2.33. The molecular weight excluding hydrogens is 156 g/mol. The van der Waals surface area contributed by atoms with E-state index in [9.17, 15) is 9.59 Å². The van der Waals surface area contributed by atoms with Crippen molar-refractivity contribution in [2.75, 3.05) is 13.6 Å². The molecule has 0 unspecified atom stereocenters. The maximum absolute atomic E-state index is 11.1. The number of nitrogens with one attached hydrogen (secondary N) is 2. The van der Waals surface area contributed by atoms with Gasteiger partial charge in [-0.25, -0.2) is 0 Å². The maximum atomic E-state index is 11.1. The SMILES string of the molecule is CNCC1=C(C)C(=O)NC(=O)C1. The molecule has 1 aliphatic heterocycles. The van der Waals surface area contributed by atoms with Gasteiger partial charge in [-0.1, -0.05) is 0 Å². The van der Waals surface area contributed by atoms with Gasteiger partial charge in [0.05, 0.1) is 6.42 Å². The fourth-order valence-corrected chi connectivity index (χ4v) is 1.16. The average Bonchev–Trinajstić information content (AvgIpc) is 2.00. The summed E-state index contributed by atoms with van der Waals surface area (Å²) < 4.78 is 0. The average molecular weight is 168 g/mol. The van der Waals surface area contributed by atoms with Gasteiger partial charge in [0.15, 0.2) is 0 Å². The molecule has 1 rings (SSSR count). The second-order valence-electron chi connectivity index (χ2n) is 2.81. The largest absolute Gasteiger partial charge is 0.316 e. The van der Waals surface area contributed by atoms with Crippen molar-refractivity contribution in [3.63, 3.8) is 0 Å². The summed E-state index contributed by atoms with van der Waals surface area (Å²) in [5.41, 5.74) is 1.54. The van der Waals surface area contributed by atoms with Crippen molar-refractivity contribution in [1.82, 2.24) is 10.6 Å². The summed E-state index contributed by atoms with van der Waals surface area (Å²) in [6.07, 6.45) is 0.332. The van der Waals surface area contributed by atoms with Gasteiger partial charge >= 0.3 is 0 Å². The van der Waals surface area contributed by atoms with Crippen LogP contribution in [0.25, 0.3) is 0 Å². The van der Waals surface area contributed by atoms with Gasteiger partial charge in [0.1, 0.15) is 0 Å². The third kappa shape index (κ3) is 1.71. The van der Waals surface area contributed by atoms with Crippen molar-refractivity contribution in [3.05, 3.63) is 11.1 Å². The molecule has 0 atom stereocenters. The maximum Gasteiger partial charge on any atom is 0.253 e.